The van der Waals surface area contributed by atoms with Gasteiger partial charge in [-0.3, -0.25) is 4.79 Å². The van der Waals surface area contributed by atoms with E-state index in [9.17, 15) is 9.59 Å². The number of esters is 1. The molecule has 0 spiro atoms. The number of nitrogens with zero attached hydrogens (tertiary/aromatic N) is 1. The molecule has 3 aromatic rings. The van der Waals surface area contributed by atoms with Crippen molar-refractivity contribution in [3.63, 3.8) is 0 Å². The van der Waals surface area contributed by atoms with Crippen LogP contribution in [-0.2, 0) is 16.0 Å². The third kappa shape index (κ3) is 3.66. The van der Waals surface area contributed by atoms with E-state index in [4.69, 9.17) is 4.42 Å². The highest BCUT2D eigenvalue weighted by molar-refractivity contribution is 7.18. The Balaban J connectivity index is 1.61. The zero-order valence-corrected chi connectivity index (χ0v) is 13.7. The van der Waals surface area contributed by atoms with E-state index in [0.29, 0.717) is 21.3 Å². The Labute approximate surface area is 139 Å². The van der Waals surface area contributed by atoms with Crippen LogP contribution in [0.4, 0.5) is 5.00 Å². The first-order chi connectivity index (χ1) is 11.2. The second-order valence-corrected chi connectivity index (χ2v) is 6.44. The van der Waals surface area contributed by atoms with Gasteiger partial charge >= 0.3 is 5.97 Å². The number of anilines is 1. The molecule has 3 heterocycles. The standard InChI is InChI=1S/C15H12N2O4S2/c1-20-15(19)11-4-5-13(23-11)17-12(18)7-9-8-22-14(16-9)10-3-2-6-21-10/h2-6,8H,7H2,1H3,(H,17,18). The van der Waals surface area contributed by atoms with Crippen LogP contribution in [-0.4, -0.2) is 24.0 Å². The summed E-state index contributed by atoms with van der Waals surface area (Å²) in [5, 5.41) is 5.90. The molecule has 8 heteroatoms. The molecule has 0 aliphatic carbocycles. The molecule has 0 saturated heterocycles. The smallest absolute Gasteiger partial charge is 0.348 e. The Kier molecular flexibility index (Phi) is 4.54. The Morgan fingerprint density at radius 1 is 1.35 bits per heavy atom. The first kappa shape index (κ1) is 15.4. The van der Waals surface area contributed by atoms with Crippen LogP contribution in [0.25, 0.3) is 10.8 Å². The number of rotatable bonds is 5. The molecule has 0 radical (unpaired) electrons. The summed E-state index contributed by atoms with van der Waals surface area (Å²) in [4.78, 5) is 28.2. The molecule has 6 nitrogen and oxygen atoms in total. The summed E-state index contributed by atoms with van der Waals surface area (Å²) >= 11 is 2.59. The van der Waals surface area contributed by atoms with Crippen molar-refractivity contribution in [1.29, 1.82) is 0 Å². The summed E-state index contributed by atoms with van der Waals surface area (Å²) in [6.45, 7) is 0. The largest absolute Gasteiger partial charge is 0.465 e. The van der Waals surface area contributed by atoms with Crippen molar-refractivity contribution in [2.24, 2.45) is 0 Å². The van der Waals surface area contributed by atoms with Crippen molar-refractivity contribution in [2.75, 3.05) is 12.4 Å². The molecule has 3 rings (SSSR count). The molecular weight excluding hydrogens is 336 g/mol. The van der Waals surface area contributed by atoms with Crippen molar-refractivity contribution in [1.82, 2.24) is 4.98 Å². The zero-order valence-electron chi connectivity index (χ0n) is 12.1. The van der Waals surface area contributed by atoms with Gasteiger partial charge < -0.3 is 14.5 Å². The van der Waals surface area contributed by atoms with Gasteiger partial charge in [0.2, 0.25) is 5.91 Å². The maximum atomic E-state index is 12.0. The summed E-state index contributed by atoms with van der Waals surface area (Å²) in [6.07, 6.45) is 1.74. The van der Waals surface area contributed by atoms with Crippen molar-refractivity contribution < 1.29 is 18.7 Å². The summed E-state index contributed by atoms with van der Waals surface area (Å²) in [7, 11) is 1.32. The highest BCUT2D eigenvalue weighted by atomic mass is 32.1. The normalized spacial score (nSPS) is 10.5. The number of ether oxygens (including phenoxy) is 1. The monoisotopic (exact) mass is 348 g/mol. The minimum atomic E-state index is -0.418. The van der Waals surface area contributed by atoms with Crippen molar-refractivity contribution in [2.45, 2.75) is 6.42 Å². The van der Waals surface area contributed by atoms with Crippen LogP contribution in [0.2, 0.25) is 0 Å². The minimum absolute atomic E-state index is 0.155. The molecule has 1 N–H and O–H groups in total. The molecule has 118 valence electrons. The third-order valence-corrected chi connectivity index (χ3v) is 4.77. The SMILES string of the molecule is COC(=O)c1ccc(NC(=O)Cc2csc(-c3ccco3)n2)s1. The van der Waals surface area contributed by atoms with Crippen LogP contribution >= 0.6 is 22.7 Å². The predicted molar refractivity (Wildman–Crippen MR) is 87.8 cm³/mol. The van der Waals surface area contributed by atoms with E-state index in [1.54, 1.807) is 24.5 Å². The molecule has 1 amide bonds. The topological polar surface area (TPSA) is 81.4 Å². The van der Waals surface area contributed by atoms with Crippen molar-refractivity contribution in [3.8, 4) is 10.8 Å². The highest BCUT2D eigenvalue weighted by Crippen LogP contribution is 2.25. The number of thiophene rings is 1. The van der Waals surface area contributed by atoms with Crippen LogP contribution < -0.4 is 5.32 Å². The fraction of sp³-hybridized carbons (Fsp3) is 0.133. The van der Waals surface area contributed by atoms with Crippen LogP contribution in [0, 0.1) is 0 Å². The molecule has 0 unspecified atom stereocenters. The zero-order chi connectivity index (χ0) is 16.2. The number of nitrogens with one attached hydrogen (secondary N) is 1. The second kappa shape index (κ2) is 6.76. The van der Waals surface area contributed by atoms with E-state index in [1.807, 2.05) is 11.4 Å². The average Bonchev–Trinajstić information content (AvgIpc) is 3.27. The van der Waals surface area contributed by atoms with E-state index in [0.717, 1.165) is 5.01 Å². The fourth-order valence-corrected chi connectivity index (χ4v) is 3.49. The lowest BCUT2D eigenvalue weighted by Crippen LogP contribution is -2.13. The summed E-state index contributed by atoms with van der Waals surface area (Å²) < 4.78 is 9.90. The Morgan fingerprint density at radius 2 is 2.22 bits per heavy atom. The second-order valence-electron chi connectivity index (χ2n) is 4.50. The van der Waals surface area contributed by atoms with Crippen molar-refractivity contribution in [3.05, 3.63) is 46.5 Å². The Morgan fingerprint density at radius 3 is 2.96 bits per heavy atom. The van der Waals surface area contributed by atoms with Gasteiger partial charge in [-0.15, -0.1) is 22.7 Å². The first-order valence-corrected chi connectivity index (χ1v) is 8.31. The molecule has 0 saturated carbocycles. The van der Waals surface area contributed by atoms with E-state index in [-0.39, 0.29) is 12.3 Å². The molecule has 0 aliphatic rings. The van der Waals surface area contributed by atoms with Gasteiger partial charge in [-0.05, 0) is 24.3 Å². The maximum absolute atomic E-state index is 12.0. The molecule has 0 aliphatic heterocycles. The third-order valence-electron chi connectivity index (χ3n) is 2.88. The minimum Gasteiger partial charge on any atom is -0.465 e. The lowest BCUT2D eigenvalue weighted by atomic mass is 10.3. The molecule has 0 bridgehead atoms. The van der Waals surface area contributed by atoms with E-state index in [2.05, 4.69) is 15.0 Å². The summed E-state index contributed by atoms with van der Waals surface area (Å²) in [5.41, 5.74) is 0.670. The van der Waals surface area contributed by atoms with Gasteiger partial charge in [0.25, 0.3) is 0 Å². The fourth-order valence-electron chi connectivity index (χ4n) is 1.86. The Bertz CT molecular complexity index is 820. The molecule has 0 fully saturated rings. The quantitative estimate of drug-likeness (QED) is 0.714. The first-order valence-electron chi connectivity index (χ1n) is 6.62. The number of furan rings is 1. The Hall–Kier alpha value is -2.45. The molecular formula is C15H12N2O4S2. The van der Waals surface area contributed by atoms with Crippen LogP contribution in [0.1, 0.15) is 15.4 Å². The molecule has 0 atom stereocenters. The van der Waals surface area contributed by atoms with Gasteiger partial charge in [-0.2, -0.15) is 0 Å². The van der Waals surface area contributed by atoms with Crippen LogP contribution in [0.15, 0.2) is 40.3 Å². The number of amides is 1. The van der Waals surface area contributed by atoms with Gasteiger partial charge in [0, 0.05) is 5.38 Å². The van der Waals surface area contributed by atoms with Gasteiger partial charge in [0.05, 0.1) is 30.5 Å². The highest BCUT2D eigenvalue weighted by Gasteiger charge is 2.13. The maximum Gasteiger partial charge on any atom is 0.348 e. The van der Waals surface area contributed by atoms with Gasteiger partial charge in [0.1, 0.15) is 4.88 Å². The van der Waals surface area contributed by atoms with Gasteiger partial charge in [-0.1, -0.05) is 0 Å². The van der Waals surface area contributed by atoms with Gasteiger partial charge in [-0.25, -0.2) is 9.78 Å². The van der Waals surface area contributed by atoms with Crippen LogP contribution in [0.3, 0.4) is 0 Å². The summed E-state index contributed by atoms with van der Waals surface area (Å²) in [5.74, 6) is 0.0697. The average molecular weight is 348 g/mol. The number of hydrogen-bond donors (Lipinski definition) is 1. The van der Waals surface area contributed by atoms with E-state index in [1.165, 1.54) is 29.8 Å². The molecule has 23 heavy (non-hydrogen) atoms. The number of carbonyl (C=O) groups is 2. The number of hydrogen-bond acceptors (Lipinski definition) is 7. The number of aromatic nitrogens is 1. The van der Waals surface area contributed by atoms with Crippen molar-refractivity contribution >= 4 is 39.6 Å². The number of thiazole rings is 1. The number of methoxy groups -OCH3 is 1. The lowest BCUT2D eigenvalue weighted by Gasteiger charge is -2.00. The summed E-state index contributed by atoms with van der Waals surface area (Å²) in [6, 6.07) is 6.90. The van der Waals surface area contributed by atoms with E-state index >= 15 is 0 Å². The van der Waals surface area contributed by atoms with Crippen LogP contribution in [0.5, 0.6) is 0 Å². The number of carbonyl (C=O) groups excluding carboxylic acids is 2. The molecule has 0 aromatic carbocycles. The predicted octanol–water partition coefficient (Wildman–Crippen LogP) is 3.43. The molecule has 3 aromatic heterocycles. The van der Waals surface area contributed by atoms with Gasteiger partial charge in [0.15, 0.2) is 10.8 Å². The van der Waals surface area contributed by atoms with E-state index < -0.39 is 5.97 Å². The lowest BCUT2D eigenvalue weighted by molar-refractivity contribution is -0.115.